The fourth-order valence-electron chi connectivity index (χ4n) is 2.14. The number of rotatable bonds is 2. The van der Waals surface area contributed by atoms with Crippen molar-refractivity contribution in [2.24, 2.45) is 0 Å². The van der Waals surface area contributed by atoms with Gasteiger partial charge in [-0.25, -0.2) is 4.39 Å². The van der Waals surface area contributed by atoms with Crippen molar-refractivity contribution in [2.75, 3.05) is 17.7 Å². The smallest absolute Gasteiger partial charge is 0.125 e. The Balaban J connectivity index is 2.44. The molecule has 3 heteroatoms. The summed E-state index contributed by atoms with van der Waals surface area (Å²) in [5.41, 5.74) is 10.6. The van der Waals surface area contributed by atoms with Gasteiger partial charge in [-0.1, -0.05) is 17.7 Å². The van der Waals surface area contributed by atoms with Gasteiger partial charge in [0.25, 0.3) is 0 Å². The zero-order valence-corrected chi connectivity index (χ0v) is 10.9. The minimum atomic E-state index is -0.315. The molecule has 0 atom stereocenters. The predicted molar refractivity (Wildman–Crippen MR) is 74.8 cm³/mol. The molecule has 2 aromatic carbocycles. The Bertz CT molecular complexity index is 527. The van der Waals surface area contributed by atoms with E-state index >= 15 is 0 Å². The lowest BCUT2D eigenvalue weighted by molar-refractivity contribution is 0.628. The first-order chi connectivity index (χ1) is 8.49. The highest BCUT2D eigenvalue weighted by Gasteiger charge is 2.10. The Labute approximate surface area is 107 Å². The lowest BCUT2D eigenvalue weighted by Gasteiger charge is -2.23. The molecular weight excluding hydrogens is 227 g/mol. The number of anilines is 3. The van der Waals surface area contributed by atoms with E-state index in [-0.39, 0.29) is 5.82 Å². The molecule has 0 saturated heterocycles. The summed E-state index contributed by atoms with van der Waals surface area (Å²) < 4.78 is 13.0. The lowest BCUT2D eigenvalue weighted by atomic mass is 10.1. The van der Waals surface area contributed by atoms with Gasteiger partial charge in [-0.3, -0.25) is 0 Å². The molecule has 2 rings (SSSR count). The number of aryl methyl sites for hydroxylation is 2. The van der Waals surface area contributed by atoms with Gasteiger partial charge in [-0.15, -0.1) is 0 Å². The highest BCUT2D eigenvalue weighted by Crippen LogP contribution is 2.31. The topological polar surface area (TPSA) is 29.3 Å². The maximum atomic E-state index is 13.0. The molecule has 0 spiro atoms. The summed E-state index contributed by atoms with van der Waals surface area (Å²) in [5, 5.41) is 0. The molecule has 0 aliphatic carbocycles. The van der Waals surface area contributed by atoms with Crippen LogP contribution in [0.2, 0.25) is 0 Å². The van der Waals surface area contributed by atoms with E-state index in [2.05, 4.69) is 26.0 Å². The number of hydrogen-bond donors (Lipinski definition) is 1. The second-order valence-corrected chi connectivity index (χ2v) is 4.55. The van der Waals surface area contributed by atoms with Crippen molar-refractivity contribution in [1.82, 2.24) is 0 Å². The first-order valence-electron chi connectivity index (χ1n) is 5.85. The van der Waals surface area contributed by atoms with Gasteiger partial charge in [0.2, 0.25) is 0 Å². The van der Waals surface area contributed by atoms with E-state index in [1.54, 1.807) is 6.07 Å². The van der Waals surface area contributed by atoms with Crippen molar-refractivity contribution >= 4 is 17.1 Å². The molecule has 0 unspecified atom stereocenters. The quantitative estimate of drug-likeness (QED) is 0.814. The van der Waals surface area contributed by atoms with Crippen molar-refractivity contribution in [3.05, 3.63) is 53.3 Å². The number of halogens is 1. The molecule has 0 saturated carbocycles. The SMILES string of the molecule is Cc1ccc(N(C)c2ccc(F)cc2N)c(C)c1. The van der Waals surface area contributed by atoms with Crippen LogP contribution in [0.15, 0.2) is 36.4 Å². The molecule has 0 aromatic heterocycles. The third-order valence-electron chi connectivity index (χ3n) is 3.06. The van der Waals surface area contributed by atoms with E-state index in [4.69, 9.17) is 5.73 Å². The molecule has 2 N–H and O–H groups in total. The van der Waals surface area contributed by atoms with Crippen LogP contribution in [0.25, 0.3) is 0 Å². The van der Waals surface area contributed by atoms with Crippen LogP contribution in [0.3, 0.4) is 0 Å². The van der Waals surface area contributed by atoms with Gasteiger partial charge in [0.05, 0.1) is 11.4 Å². The summed E-state index contributed by atoms with van der Waals surface area (Å²) in [7, 11) is 1.93. The first kappa shape index (κ1) is 12.4. The van der Waals surface area contributed by atoms with Crippen LogP contribution >= 0.6 is 0 Å². The summed E-state index contributed by atoms with van der Waals surface area (Å²) >= 11 is 0. The van der Waals surface area contributed by atoms with Crippen LogP contribution in [0.4, 0.5) is 21.5 Å². The molecule has 0 aliphatic rings. The number of nitrogens with two attached hydrogens (primary N) is 1. The van der Waals surface area contributed by atoms with E-state index in [1.807, 2.05) is 18.0 Å². The van der Waals surface area contributed by atoms with Crippen LogP contribution in [-0.4, -0.2) is 7.05 Å². The van der Waals surface area contributed by atoms with Crippen molar-refractivity contribution in [3.8, 4) is 0 Å². The van der Waals surface area contributed by atoms with Crippen molar-refractivity contribution < 1.29 is 4.39 Å². The molecule has 0 aliphatic heterocycles. The van der Waals surface area contributed by atoms with E-state index in [0.29, 0.717) is 5.69 Å². The molecule has 0 radical (unpaired) electrons. The average Bonchev–Trinajstić information content (AvgIpc) is 2.28. The fourth-order valence-corrected chi connectivity index (χ4v) is 2.14. The summed E-state index contributed by atoms with van der Waals surface area (Å²) in [6.45, 7) is 4.11. The van der Waals surface area contributed by atoms with Crippen LogP contribution < -0.4 is 10.6 Å². The second-order valence-electron chi connectivity index (χ2n) is 4.55. The lowest BCUT2D eigenvalue weighted by Crippen LogP contribution is -2.13. The van der Waals surface area contributed by atoms with Crippen LogP contribution in [0, 0.1) is 19.7 Å². The van der Waals surface area contributed by atoms with Crippen LogP contribution in [0.5, 0.6) is 0 Å². The summed E-state index contributed by atoms with van der Waals surface area (Å²) in [4.78, 5) is 1.98. The average molecular weight is 244 g/mol. The molecule has 18 heavy (non-hydrogen) atoms. The van der Waals surface area contributed by atoms with Gasteiger partial charge in [-0.2, -0.15) is 0 Å². The van der Waals surface area contributed by atoms with Crippen molar-refractivity contribution in [2.45, 2.75) is 13.8 Å². The second kappa shape index (κ2) is 4.69. The number of hydrogen-bond acceptors (Lipinski definition) is 2. The zero-order valence-electron chi connectivity index (χ0n) is 10.9. The normalized spacial score (nSPS) is 10.4. The zero-order chi connectivity index (χ0) is 13.3. The van der Waals surface area contributed by atoms with Gasteiger partial charge >= 0.3 is 0 Å². The van der Waals surface area contributed by atoms with Gasteiger partial charge in [0.15, 0.2) is 0 Å². The Morgan fingerprint density at radius 3 is 2.28 bits per heavy atom. The number of nitrogen functional groups attached to an aromatic ring is 1. The molecule has 0 heterocycles. The molecule has 0 bridgehead atoms. The predicted octanol–water partition coefficient (Wildman–Crippen LogP) is 3.79. The van der Waals surface area contributed by atoms with E-state index in [1.165, 1.54) is 23.3 Å². The van der Waals surface area contributed by atoms with Crippen LogP contribution in [-0.2, 0) is 0 Å². The Morgan fingerprint density at radius 1 is 1.00 bits per heavy atom. The standard InChI is InChI=1S/C15H17FN2/c1-10-4-6-14(11(2)8-10)18(3)15-7-5-12(16)9-13(15)17/h4-9H,17H2,1-3H3. The van der Waals surface area contributed by atoms with E-state index < -0.39 is 0 Å². The van der Waals surface area contributed by atoms with Gasteiger partial charge < -0.3 is 10.6 Å². The van der Waals surface area contributed by atoms with Crippen LogP contribution in [0.1, 0.15) is 11.1 Å². The minimum absolute atomic E-state index is 0.315. The minimum Gasteiger partial charge on any atom is -0.397 e. The van der Waals surface area contributed by atoms with Crippen molar-refractivity contribution in [1.29, 1.82) is 0 Å². The third kappa shape index (κ3) is 2.30. The first-order valence-corrected chi connectivity index (χ1v) is 5.85. The fraction of sp³-hybridized carbons (Fsp3) is 0.200. The highest BCUT2D eigenvalue weighted by molar-refractivity contribution is 5.75. The van der Waals surface area contributed by atoms with Crippen molar-refractivity contribution in [3.63, 3.8) is 0 Å². The Kier molecular flexibility index (Phi) is 3.24. The van der Waals surface area contributed by atoms with Gasteiger partial charge in [-0.05, 0) is 43.7 Å². The monoisotopic (exact) mass is 244 g/mol. The molecule has 2 aromatic rings. The maximum absolute atomic E-state index is 13.0. The van der Waals surface area contributed by atoms with Gasteiger partial charge in [0.1, 0.15) is 5.82 Å². The Morgan fingerprint density at radius 2 is 1.67 bits per heavy atom. The van der Waals surface area contributed by atoms with E-state index in [9.17, 15) is 4.39 Å². The molecule has 0 fully saturated rings. The number of nitrogens with zero attached hydrogens (tertiary/aromatic N) is 1. The molecular formula is C15H17FN2. The van der Waals surface area contributed by atoms with Gasteiger partial charge in [0, 0.05) is 12.7 Å². The third-order valence-corrected chi connectivity index (χ3v) is 3.06. The molecule has 2 nitrogen and oxygen atoms in total. The molecule has 94 valence electrons. The Hall–Kier alpha value is -2.03. The maximum Gasteiger partial charge on any atom is 0.125 e. The summed E-state index contributed by atoms with van der Waals surface area (Å²) in [6.07, 6.45) is 0. The number of benzene rings is 2. The summed E-state index contributed by atoms with van der Waals surface area (Å²) in [6, 6.07) is 10.7. The molecule has 0 amide bonds. The van der Waals surface area contributed by atoms with E-state index in [0.717, 1.165) is 11.4 Å². The summed E-state index contributed by atoms with van der Waals surface area (Å²) in [5.74, 6) is -0.315. The highest BCUT2D eigenvalue weighted by atomic mass is 19.1. The largest absolute Gasteiger partial charge is 0.397 e.